The number of rotatable bonds is 3. The van der Waals surface area contributed by atoms with Crippen molar-refractivity contribution in [3.63, 3.8) is 0 Å². The summed E-state index contributed by atoms with van der Waals surface area (Å²) in [5, 5.41) is 0. The summed E-state index contributed by atoms with van der Waals surface area (Å²) in [5.74, 6) is 3.63. The van der Waals surface area contributed by atoms with Gasteiger partial charge in [-0.2, -0.15) is 0 Å². The van der Waals surface area contributed by atoms with Crippen molar-refractivity contribution < 1.29 is 0 Å². The minimum absolute atomic E-state index is 0.736. The fourth-order valence-electron chi connectivity index (χ4n) is 2.25. The molecule has 1 saturated carbocycles. The summed E-state index contributed by atoms with van der Waals surface area (Å²) < 4.78 is 0. The lowest BCUT2D eigenvalue weighted by Crippen LogP contribution is -1.94. The second kappa shape index (κ2) is 2.77. The second-order valence-corrected chi connectivity index (χ2v) is 3.60. The van der Waals surface area contributed by atoms with Crippen molar-refractivity contribution in [3.05, 3.63) is 12.7 Å². The van der Waals surface area contributed by atoms with Crippen LogP contribution in [0.25, 0.3) is 0 Å². The maximum absolute atomic E-state index is 3.83. The van der Waals surface area contributed by atoms with Gasteiger partial charge in [-0.25, -0.2) is 0 Å². The van der Waals surface area contributed by atoms with E-state index in [1.807, 2.05) is 0 Å². The fraction of sp³-hybridized carbons (Fsp3) is 0.800. The summed E-state index contributed by atoms with van der Waals surface area (Å²) in [4.78, 5) is 0. The first-order valence-electron chi connectivity index (χ1n) is 4.34. The molecule has 1 rings (SSSR count). The van der Waals surface area contributed by atoms with Gasteiger partial charge in [0.1, 0.15) is 0 Å². The molecule has 58 valence electrons. The van der Waals surface area contributed by atoms with Crippen molar-refractivity contribution >= 4 is 0 Å². The summed E-state index contributed by atoms with van der Waals surface area (Å²) in [6, 6.07) is 0. The fourth-order valence-corrected chi connectivity index (χ4v) is 2.25. The molecule has 0 saturated heterocycles. The highest BCUT2D eigenvalue weighted by Gasteiger charge is 2.46. The van der Waals surface area contributed by atoms with Gasteiger partial charge in [-0.3, -0.25) is 0 Å². The SMILES string of the molecule is C=CC(C)C1C(C)C1CC. The van der Waals surface area contributed by atoms with E-state index in [1.54, 1.807) is 0 Å². The Bertz CT molecular complexity index is 126. The Kier molecular flexibility index (Phi) is 2.18. The minimum atomic E-state index is 0.736. The molecule has 0 aromatic carbocycles. The van der Waals surface area contributed by atoms with Crippen LogP contribution in [0.15, 0.2) is 12.7 Å². The third-order valence-corrected chi connectivity index (χ3v) is 3.09. The molecule has 1 aliphatic carbocycles. The summed E-state index contributed by atoms with van der Waals surface area (Å²) >= 11 is 0. The minimum Gasteiger partial charge on any atom is -0.103 e. The molecular weight excluding hydrogens is 120 g/mol. The number of allylic oxidation sites excluding steroid dienone is 1. The van der Waals surface area contributed by atoms with E-state index < -0.39 is 0 Å². The molecule has 10 heavy (non-hydrogen) atoms. The van der Waals surface area contributed by atoms with Crippen LogP contribution >= 0.6 is 0 Å². The Balaban J connectivity index is 2.39. The molecule has 0 aromatic heterocycles. The van der Waals surface area contributed by atoms with E-state index in [1.165, 1.54) is 6.42 Å². The van der Waals surface area contributed by atoms with Crippen LogP contribution in [0.5, 0.6) is 0 Å². The highest BCUT2D eigenvalue weighted by Crippen LogP contribution is 2.52. The zero-order chi connectivity index (χ0) is 7.72. The molecule has 4 unspecified atom stereocenters. The van der Waals surface area contributed by atoms with Crippen molar-refractivity contribution in [3.8, 4) is 0 Å². The van der Waals surface area contributed by atoms with Crippen molar-refractivity contribution in [1.82, 2.24) is 0 Å². The van der Waals surface area contributed by atoms with E-state index in [0.29, 0.717) is 0 Å². The molecule has 0 heteroatoms. The van der Waals surface area contributed by atoms with Crippen LogP contribution in [0, 0.1) is 23.7 Å². The zero-order valence-corrected chi connectivity index (χ0v) is 7.30. The van der Waals surface area contributed by atoms with Gasteiger partial charge in [-0.05, 0) is 23.7 Å². The van der Waals surface area contributed by atoms with E-state index in [2.05, 4.69) is 33.4 Å². The maximum atomic E-state index is 3.83. The molecule has 0 radical (unpaired) electrons. The lowest BCUT2D eigenvalue weighted by atomic mass is 10.0. The molecule has 0 spiro atoms. The average molecular weight is 138 g/mol. The standard InChI is InChI=1S/C10H18/c1-5-7(3)10-8(4)9(10)6-2/h5,7-10H,1,6H2,2-4H3. The first-order chi connectivity index (χ1) is 4.72. The molecule has 0 nitrogen and oxygen atoms in total. The van der Waals surface area contributed by atoms with E-state index in [0.717, 1.165) is 23.7 Å². The van der Waals surface area contributed by atoms with Gasteiger partial charge >= 0.3 is 0 Å². The van der Waals surface area contributed by atoms with E-state index in [-0.39, 0.29) is 0 Å². The summed E-state index contributed by atoms with van der Waals surface area (Å²) in [6.07, 6.45) is 3.45. The predicted molar refractivity (Wildman–Crippen MR) is 45.8 cm³/mol. The van der Waals surface area contributed by atoms with Crippen LogP contribution in [0.1, 0.15) is 27.2 Å². The molecule has 0 amide bonds. The highest BCUT2D eigenvalue weighted by atomic mass is 14.5. The van der Waals surface area contributed by atoms with Gasteiger partial charge in [0.15, 0.2) is 0 Å². The molecular formula is C10H18. The Hall–Kier alpha value is -0.260. The van der Waals surface area contributed by atoms with Gasteiger partial charge in [0.25, 0.3) is 0 Å². The van der Waals surface area contributed by atoms with Crippen LogP contribution in [0.3, 0.4) is 0 Å². The van der Waals surface area contributed by atoms with Gasteiger partial charge in [0.2, 0.25) is 0 Å². The molecule has 4 atom stereocenters. The number of hydrogen-bond donors (Lipinski definition) is 0. The first-order valence-corrected chi connectivity index (χ1v) is 4.34. The Morgan fingerprint density at radius 2 is 2.20 bits per heavy atom. The van der Waals surface area contributed by atoms with Crippen LogP contribution in [0.2, 0.25) is 0 Å². The van der Waals surface area contributed by atoms with E-state index in [9.17, 15) is 0 Å². The summed E-state index contributed by atoms with van der Waals surface area (Å²) in [5.41, 5.74) is 0. The zero-order valence-electron chi connectivity index (χ0n) is 7.30. The van der Waals surface area contributed by atoms with Crippen molar-refractivity contribution in [2.45, 2.75) is 27.2 Å². The first kappa shape index (κ1) is 7.84. The van der Waals surface area contributed by atoms with E-state index >= 15 is 0 Å². The molecule has 0 bridgehead atoms. The van der Waals surface area contributed by atoms with E-state index in [4.69, 9.17) is 0 Å². The monoisotopic (exact) mass is 138 g/mol. The summed E-state index contributed by atoms with van der Waals surface area (Å²) in [7, 11) is 0. The average Bonchev–Trinajstić information content (AvgIpc) is 2.59. The van der Waals surface area contributed by atoms with Gasteiger partial charge < -0.3 is 0 Å². The Morgan fingerprint density at radius 3 is 2.50 bits per heavy atom. The van der Waals surface area contributed by atoms with Gasteiger partial charge in [-0.15, -0.1) is 6.58 Å². The smallest absolute Gasteiger partial charge is 0.0231 e. The number of hydrogen-bond acceptors (Lipinski definition) is 0. The van der Waals surface area contributed by atoms with Gasteiger partial charge in [0.05, 0.1) is 0 Å². The Labute approximate surface area is 64.3 Å². The lowest BCUT2D eigenvalue weighted by molar-refractivity contribution is 0.553. The van der Waals surface area contributed by atoms with Crippen LogP contribution in [-0.4, -0.2) is 0 Å². The van der Waals surface area contributed by atoms with Crippen molar-refractivity contribution in [2.75, 3.05) is 0 Å². The largest absolute Gasteiger partial charge is 0.103 e. The van der Waals surface area contributed by atoms with Crippen molar-refractivity contribution in [2.24, 2.45) is 23.7 Å². The predicted octanol–water partition coefficient (Wildman–Crippen LogP) is 3.10. The lowest BCUT2D eigenvalue weighted by Gasteiger charge is -2.01. The molecule has 1 fully saturated rings. The molecule has 0 N–H and O–H groups in total. The van der Waals surface area contributed by atoms with Gasteiger partial charge in [0, 0.05) is 0 Å². The Morgan fingerprint density at radius 1 is 1.60 bits per heavy atom. The summed E-state index contributed by atoms with van der Waals surface area (Å²) in [6.45, 7) is 10.8. The topological polar surface area (TPSA) is 0 Å². The maximum Gasteiger partial charge on any atom is -0.0231 e. The normalized spacial score (nSPS) is 40.9. The highest BCUT2D eigenvalue weighted by molar-refractivity contribution is 5.00. The van der Waals surface area contributed by atoms with Crippen molar-refractivity contribution in [1.29, 1.82) is 0 Å². The molecule has 0 aromatic rings. The van der Waals surface area contributed by atoms with Crippen LogP contribution in [-0.2, 0) is 0 Å². The third-order valence-electron chi connectivity index (χ3n) is 3.09. The molecule has 0 aliphatic heterocycles. The third kappa shape index (κ3) is 1.12. The van der Waals surface area contributed by atoms with Gasteiger partial charge in [-0.1, -0.05) is 33.3 Å². The van der Waals surface area contributed by atoms with Crippen LogP contribution < -0.4 is 0 Å². The molecule has 1 aliphatic rings. The molecule has 0 heterocycles. The quantitative estimate of drug-likeness (QED) is 0.526. The van der Waals surface area contributed by atoms with Crippen LogP contribution in [0.4, 0.5) is 0 Å². The second-order valence-electron chi connectivity index (χ2n) is 3.60.